The molecule has 0 saturated carbocycles. The first-order valence-corrected chi connectivity index (χ1v) is 32.0. The van der Waals surface area contributed by atoms with Gasteiger partial charge in [0, 0.05) is 72.7 Å². The van der Waals surface area contributed by atoms with Crippen LogP contribution in [0.25, 0.3) is 10.9 Å². The van der Waals surface area contributed by atoms with Crippen LogP contribution in [0.5, 0.6) is 5.75 Å². The van der Waals surface area contributed by atoms with Crippen molar-refractivity contribution in [2.75, 3.05) is 43.9 Å². The average Bonchev–Trinajstić information content (AvgIpc) is 1.58. The van der Waals surface area contributed by atoms with Crippen LogP contribution in [0.2, 0.25) is 0 Å². The van der Waals surface area contributed by atoms with Crippen LogP contribution in [0, 0.1) is 17.8 Å². The number of rotatable bonds is 20. The molecule has 1 aromatic heterocycles. The molecule has 0 spiro atoms. The second-order valence-corrected chi connectivity index (χ2v) is 25.6. The minimum absolute atomic E-state index is 0.0247. The Hall–Kier alpha value is -8.80. The van der Waals surface area contributed by atoms with Gasteiger partial charge in [-0.05, 0) is 60.9 Å². The number of amides is 12. The molecule has 1 fully saturated rings. The van der Waals surface area contributed by atoms with E-state index in [0.29, 0.717) is 6.42 Å². The Kier molecular flexibility index (Phi) is 26.3. The summed E-state index contributed by atoms with van der Waals surface area (Å²) >= 11 is -2.50. The van der Waals surface area contributed by atoms with Crippen molar-refractivity contribution in [2.45, 2.75) is 158 Å². The van der Waals surface area contributed by atoms with E-state index in [2.05, 4.69) is 63.5 Å². The Morgan fingerprint density at radius 1 is 0.851 bits per heavy atom. The molecule has 2 aromatic carbocycles. The van der Waals surface area contributed by atoms with Crippen LogP contribution in [0.3, 0.4) is 0 Å². The van der Waals surface area contributed by atoms with E-state index in [9.17, 15) is 68.4 Å². The second-order valence-electron chi connectivity index (χ2n) is 24.2. The molecule has 3 unspecified atom stereocenters. The van der Waals surface area contributed by atoms with Gasteiger partial charge in [-0.15, -0.1) is 0 Å². The number of anilines is 1. The molecule has 4 heterocycles. The monoisotopic (exact) mass is 1340 g/mol. The maximum absolute atomic E-state index is 15.8. The predicted octanol–water partition coefficient (Wildman–Crippen LogP) is -5.23. The van der Waals surface area contributed by atoms with Crippen LogP contribution in [0.4, 0.5) is 10.5 Å². The molecule has 0 radical (unpaired) electrons. The quantitative estimate of drug-likeness (QED) is 0.0286. The number of hydrogen-bond donors (Lipinski definition) is 18. The smallest absolute Gasteiger partial charge is 0.312 e. The first-order chi connectivity index (χ1) is 44.4. The third-order valence-electron chi connectivity index (χ3n) is 16.7. The van der Waals surface area contributed by atoms with E-state index in [1.165, 1.54) is 56.3 Å². The fraction of sp³-hybridized carbons (Fsp3) is 0.550. The molecule has 0 aliphatic carbocycles. The summed E-state index contributed by atoms with van der Waals surface area (Å²) in [7, 11) is 0. The number of ketones is 1. The molecule has 12 amide bonds. The van der Waals surface area contributed by atoms with E-state index >= 15 is 18.9 Å². The van der Waals surface area contributed by atoms with Crippen LogP contribution in [-0.4, -0.2) is 217 Å². The minimum Gasteiger partial charge on any atom is -0.610 e. The molecular weight excluding hydrogens is 1250 g/mol. The highest BCUT2D eigenvalue weighted by atomic mass is 32.2. The minimum atomic E-state index is -2.50. The number of aliphatic hydroxyl groups excluding tert-OH is 3. The lowest BCUT2D eigenvalue weighted by molar-refractivity contribution is -0.139. The zero-order valence-corrected chi connectivity index (χ0v) is 53.6. The first kappa shape index (κ1) is 74.2. The Morgan fingerprint density at radius 3 is 2.14 bits per heavy atom. The van der Waals surface area contributed by atoms with Crippen LogP contribution >= 0.6 is 0 Å². The lowest BCUT2D eigenvalue weighted by Gasteiger charge is -2.43. The third kappa shape index (κ3) is 19.4. The number of phenolic OH excluding ortho intramolecular Hbond substituents is 1. The highest BCUT2D eigenvalue weighted by Crippen LogP contribution is 2.34. The average molecular weight is 1340 g/mol. The lowest BCUT2D eigenvalue weighted by atomic mass is 9.90. The molecule has 14 atom stereocenters. The van der Waals surface area contributed by atoms with Crippen molar-refractivity contribution >= 4 is 105 Å². The van der Waals surface area contributed by atoms with Crippen molar-refractivity contribution in [2.24, 2.45) is 29.2 Å². The summed E-state index contributed by atoms with van der Waals surface area (Å²) in [6.07, 6.45) is -5.28. The van der Waals surface area contributed by atoms with Gasteiger partial charge in [0.2, 0.25) is 64.1 Å². The van der Waals surface area contributed by atoms with Crippen LogP contribution in [0.15, 0.2) is 47.5 Å². The van der Waals surface area contributed by atoms with Crippen molar-refractivity contribution in [3.63, 3.8) is 0 Å². The van der Waals surface area contributed by atoms with Crippen molar-refractivity contribution in [1.82, 2.24) is 63.1 Å². The summed E-state index contributed by atoms with van der Waals surface area (Å²) in [4.78, 5) is 185. The van der Waals surface area contributed by atoms with E-state index in [1.807, 2.05) is 0 Å². The second kappa shape index (κ2) is 33.3. The number of carbonyl (C=O) groups is 13. The molecule has 34 heteroatoms. The number of nitrogens with two attached hydrogens (primary N) is 2. The predicted molar refractivity (Wildman–Crippen MR) is 336 cm³/mol. The Labute approximate surface area is 543 Å². The van der Waals surface area contributed by atoms with Gasteiger partial charge in [0.25, 0.3) is 0 Å². The largest absolute Gasteiger partial charge is 0.610 e. The molecule has 514 valence electrons. The van der Waals surface area contributed by atoms with E-state index in [0.717, 1.165) is 4.90 Å². The summed E-state index contributed by atoms with van der Waals surface area (Å²) < 4.78 is 15.1. The molecule has 3 aromatic rings. The van der Waals surface area contributed by atoms with E-state index in [4.69, 9.17) is 11.5 Å². The molecule has 3 aliphatic heterocycles. The van der Waals surface area contributed by atoms with Gasteiger partial charge in [-0.3, -0.25) is 67.8 Å². The number of aromatic nitrogens is 1. The van der Waals surface area contributed by atoms with Crippen molar-refractivity contribution in [3.8, 4) is 5.75 Å². The van der Waals surface area contributed by atoms with Gasteiger partial charge in [0.15, 0.2) is 18.1 Å². The van der Waals surface area contributed by atoms with Crippen molar-refractivity contribution in [1.29, 1.82) is 0 Å². The maximum Gasteiger partial charge on any atom is 0.312 e. The number of benzene rings is 2. The summed E-state index contributed by atoms with van der Waals surface area (Å²) in [6, 6.07) is -4.29. The van der Waals surface area contributed by atoms with Crippen LogP contribution < -0.4 is 70.0 Å². The van der Waals surface area contributed by atoms with Crippen molar-refractivity contribution < 1.29 is 87.3 Å². The number of aldehydes is 1. The Balaban J connectivity index is 1.52. The number of Topliss-reactive ketones (excluding diaryl/α,β-unsaturated/α-hetero) is 1. The van der Waals surface area contributed by atoms with Crippen molar-refractivity contribution in [3.05, 3.63) is 53.6 Å². The number of H-pyrrole nitrogens is 1. The van der Waals surface area contributed by atoms with Crippen LogP contribution in [-0.2, 0) is 81.6 Å². The van der Waals surface area contributed by atoms with Gasteiger partial charge in [0.1, 0.15) is 41.3 Å². The number of aliphatic hydroxyl groups is 3. The third-order valence-corrected chi connectivity index (χ3v) is 18.2. The highest BCUT2D eigenvalue weighted by molar-refractivity contribution is 7.91. The number of nitrogens with one attached hydrogen (secondary N) is 12. The van der Waals surface area contributed by atoms with Gasteiger partial charge in [-0.2, -0.15) is 0 Å². The molecular formula is C60H85N15O18S. The summed E-state index contributed by atoms with van der Waals surface area (Å²) in [6.45, 7) is 6.03. The maximum atomic E-state index is 15.8. The molecule has 1 saturated heterocycles. The zero-order valence-electron chi connectivity index (χ0n) is 52.8. The Bertz CT molecular complexity index is 3320. The summed E-state index contributed by atoms with van der Waals surface area (Å²) in [5.41, 5.74) is 9.16. The van der Waals surface area contributed by atoms with E-state index in [1.54, 1.807) is 27.7 Å². The number of carbonyl (C=O) groups excluding carboxylic acids is 13. The molecule has 94 heavy (non-hydrogen) atoms. The summed E-state index contributed by atoms with van der Waals surface area (Å²) in [5.74, 6) is -14.1. The zero-order chi connectivity index (χ0) is 69.5. The number of aromatic amines is 1. The highest BCUT2D eigenvalue weighted by Gasteiger charge is 2.54. The lowest BCUT2D eigenvalue weighted by Crippen LogP contribution is -2.69. The molecule has 33 nitrogen and oxygen atoms in total. The fourth-order valence-electron chi connectivity index (χ4n) is 11.4. The molecule has 6 rings (SSSR count). The number of hydrogen-bond acceptors (Lipinski definition) is 20. The van der Waals surface area contributed by atoms with Gasteiger partial charge in [-0.1, -0.05) is 53.2 Å². The fourth-order valence-corrected chi connectivity index (χ4v) is 12.8. The van der Waals surface area contributed by atoms with Gasteiger partial charge in [-0.25, -0.2) is 4.79 Å². The number of urea groups is 1. The number of fused-ring (bicyclic) bond motifs is 5. The number of nitrogens with zero attached hydrogens (tertiary/aromatic N) is 1. The number of phenols is 1. The normalized spacial score (nSPS) is 25.4. The topological polar surface area (TPSA) is 529 Å². The van der Waals surface area contributed by atoms with Gasteiger partial charge < -0.3 is 94.6 Å². The van der Waals surface area contributed by atoms with Gasteiger partial charge in [0.05, 0.1) is 62.0 Å². The number of aromatic hydroxyl groups is 1. The molecule has 20 N–H and O–H groups in total. The molecule has 2 bridgehead atoms. The first-order valence-electron chi connectivity index (χ1n) is 30.7. The van der Waals surface area contributed by atoms with Gasteiger partial charge >= 0.3 is 6.03 Å². The summed E-state index contributed by atoms with van der Waals surface area (Å²) in [5, 5.41) is 72.1. The SMILES string of the molecule is CC[C@H](C)[C@@H]1NC(=O)CNC(=O)C2Cc3c([nH]c4cc(O)ccc34)[S@+]([O-])CC(NC(=O)CNC1=O)C(=O)N[C@@H](CC(N)=O)C(=O)C(Cc1ccc(NC(=O)[C@@H](CCCNC(N)=O)NC(=O)[C@H](NC(C)=O)C(C)C)cc1)N1C[C@H](O)C[C@]1(C=O)N[C@@H]([C@@H](C)[C@@H](O)CO)C(=O)N2. The number of primary amides is 2. The van der Waals surface area contributed by atoms with E-state index < -0.39 is 224 Å². The molecule has 3 aliphatic rings. The standard InChI is InChI=1S/C60H85N15O18S/c1-7-29(4)49-55(89)65-22-46(83)68-42-26-94(93)58-37(36-15-14-34(79)18-39(36)72-58)19-41(52(86)64-23-47(84)73-49)71-57(91)50(30(5)44(81)25-76)74-60(27-77)21-35(80)24-75(60)43(51(85)40(20-45(61)82)70-54(42)88)17-32-10-12-33(13-11-32)67-53(87)38(9-8-16-63-59(62)92)69-56(90)48(28(2)3)66-31(6)78/h10-15,18,27-30,35,38,40-44,48-50,72,74,76,79-81H,7-9,16-17,19-26H2,1-6H3,(H2,61,82)(H,64,86)(H,65,89)(H,66,78)(H,67,87)(H,68,83)(H,69,90)(H,70,88)(H,71,91)(H,73,84)(H3,62,63,92)/t29-,30-,35+,38+,40-,41?,42?,43?,44-,48+,49-,50-,60-,94+/m0/s1. The Morgan fingerprint density at radius 2 is 1.52 bits per heavy atom. The van der Waals surface area contributed by atoms with Crippen LogP contribution in [0.1, 0.15) is 84.8 Å². The van der Waals surface area contributed by atoms with E-state index in [-0.39, 0.29) is 64.2 Å².